The molecule has 20 heavy (non-hydrogen) atoms. The Morgan fingerprint density at radius 3 is 2.75 bits per heavy atom. The Kier molecular flexibility index (Phi) is 4.57. The SMILES string of the molecule is COc1ccc(=O)n(Cc2ccc(CNC(C)C)o2)n1. The zero-order valence-electron chi connectivity index (χ0n) is 11.9. The maximum atomic E-state index is 11.7. The molecule has 0 aliphatic heterocycles. The minimum Gasteiger partial charge on any atom is -0.480 e. The number of rotatable bonds is 6. The second-order valence-electron chi connectivity index (χ2n) is 4.78. The summed E-state index contributed by atoms with van der Waals surface area (Å²) in [4.78, 5) is 11.7. The van der Waals surface area contributed by atoms with Gasteiger partial charge in [-0.2, -0.15) is 0 Å². The zero-order chi connectivity index (χ0) is 14.5. The predicted molar refractivity (Wildman–Crippen MR) is 74.8 cm³/mol. The summed E-state index contributed by atoms with van der Waals surface area (Å²) in [5, 5.41) is 7.35. The molecule has 0 unspecified atom stereocenters. The van der Waals surface area contributed by atoms with Gasteiger partial charge in [-0.1, -0.05) is 13.8 Å². The first-order chi connectivity index (χ1) is 9.58. The maximum Gasteiger partial charge on any atom is 0.267 e. The van der Waals surface area contributed by atoms with Gasteiger partial charge in [0.15, 0.2) is 0 Å². The van der Waals surface area contributed by atoms with Crippen LogP contribution in [-0.4, -0.2) is 22.9 Å². The number of aromatic nitrogens is 2. The van der Waals surface area contributed by atoms with Crippen molar-refractivity contribution in [1.29, 1.82) is 0 Å². The molecule has 2 aromatic heterocycles. The van der Waals surface area contributed by atoms with Crippen LogP contribution < -0.4 is 15.6 Å². The molecule has 108 valence electrons. The number of hydrogen-bond acceptors (Lipinski definition) is 5. The van der Waals surface area contributed by atoms with E-state index in [0.29, 0.717) is 24.2 Å². The quantitative estimate of drug-likeness (QED) is 0.864. The summed E-state index contributed by atoms with van der Waals surface area (Å²) in [7, 11) is 1.51. The van der Waals surface area contributed by atoms with Crippen LogP contribution in [0, 0.1) is 0 Å². The molecule has 0 bridgehead atoms. The van der Waals surface area contributed by atoms with E-state index in [1.165, 1.54) is 17.9 Å². The molecule has 2 rings (SSSR count). The summed E-state index contributed by atoms with van der Waals surface area (Å²) in [5.41, 5.74) is -0.191. The summed E-state index contributed by atoms with van der Waals surface area (Å²) in [6.45, 7) is 5.10. The van der Waals surface area contributed by atoms with Crippen molar-refractivity contribution < 1.29 is 9.15 Å². The van der Waals surface area contributed by atoms with E-state index in [9.17, 15) is 4.79 Å². The third-order valence-corrected chi connectivity index (χ3v) is 2.76. The lowest BCUT2D eigenvalue weighted by atomic mass is 10.3. The van der Waals surface area contributed by atoms with E-state index in [1.54, 1.807) is 6.07 Å². The first kappa shape index (κ1) is 14.3. The van der Waals surface area contributed by atoms with Crippen molar-refractivity contribution in [2.75, 3.05) is 7.11 Å². The third-order valence-electron chi connectivity index (χ3n) is 2.76. The Morgan fingerprint density at radius 2 is 2.05 bits per heavy atom. The molecule has 2 aromatic rings. The number of nitrogens with zero attached hydrogens (tertiary/aromatic N) is 2. The molecule has 1 N–H and O–H groups in total. The van der Waals surface area contributed by atoms with Crippen molar-refractivity contribution in [2.45, 2.75) is 33.0 Å². The van der Waals surface area contributed by atoms with Crippen LogP contribution >= 0.6 is 0 Å². The van der Waals surface area contributed by atoms with Crippen molar-refractivity contribution in [1.82, 2.24) is 15.1 Å². The standard InChI is InChI=1S/C14H19N3O3/c1-10(2)15-8-11-4-5-12(20-11)9-17-14(18)7-6-13(16-17)19-3/h4-7,10,15H,8-9H2,1-3H3. The maximum absolute atomic E-state index is 11.7. The number of hydrogen-bond donors (Lipinski definition) is 1. The lowest BCUT2D eigenvalue weighted by Crippen LogP contribution is -2.22. The molecule has 0 spiro atoms. The fourth-order valence-electron chi connectivity index (χ4n) is 1.71. The average Bonchev–Trinajstić information content (AvgIpc) is 2.86. The van der Waals surface area contributed by atoms with Gasteiger partial charge in [-0.3, -0.25) is 4.79 Å². The highest BCUT2D eigenvalue weighted by Crippen LogP contribution is 2.09. The van der Waals surface area contributed by atoms with Crippen LogP contribution in [0.15, 0.2) is 33.5 Å². The molecular formula is C14H19N3O3. The van der Waals surface area contributed by atoms with Gasteiger partial charge in [-0.25, -0.2) is 4.68 Å². The fraction of sp³-hybridized carbons (Fsp3) is 0.429. The van der Waals surface area contributed by atoms with Crippen LogP contribution in [0.1, 0.15) is 25.4 Å². The molecule has 0 saturated carbocycles. The normalized spacial score (nSPS) is 11.0. The molecular weight excluding hydrogens is 258 g/mol. The van der Waals surface area contributed by atoms with E-state index in [0.717, 1.165) is 5.76 Å². The van der Waals surface area contributed by atoms with Gasteiger partial charge in [0.2, 0.25) is 5.88 Å². The Bertz CT molecular complexity index is 616. The van der Waals surface area contributed by atoms with Gasteiger partial charge in [0.1, 0.15) is 18.1 Å². The van der Waals surface area contributed by atoms with Gasteiger partial charge < -0.3 is 14.5 Å². The van der Waals surface area contributed by atoms with Gasteiger partial charge in [0.05, 0.1) is 13.7 Å². The van der Waals surface area contributed by atoms with Crippen molar-refractivity contribution >= 4 is 0 Å². The summed E-state index contributed by atoms with van der Waals surface area (Å²) >= 11 is 0. The molecule has 0 atom stereocenters. The van der Waals surface area contributed by atoms with Gasteiger partial charge >= 0.3 is 0 Å². The molecule has 0 aliphatic rings. The number of nitrogens with one attached hydrogen (secondary N) is 1. The molecule has 2 heterocycles. The summed E-state index contributed by atoms with van der Waals surface area (Å²) in [6.07, 6.45) is 0. The fourth-order valence-corrected chi connectivity index (χ4v) is 1.71. The lowest BCUT2D eigenvalue weighted by molar-refractivity contribution is 0.370. The highest BCUT2D eigenvalue weighted by molar-refractivity contribution is 5.10. The second-order valence-corrected chi connectivity index (χ2v) is 4.78. The zero-order valence-corrected chi connectivity index (χ0v) is 11.9. The van der Waals surface area contributed by atoms with E-state index in [1.807, 2.05) is 12.1 Å². The molecule has 6 nitrogen and oxygen atoms in total. The largest absolute Gasteiger partial charge is 0.480 e. The van der Waals surface area contributed by atoms with E-state index in [2.05, 4.69) is 24.3 Å². The van der Waals surface area contributed by atoms with Crippen molar-refractivity contribution in [3.05, 3.63) is 46.1 Å². The Morgan fingerprint density at radius 1 is 1.30 bits per heavy atom. The van der Waals surface area contributed by atoms with Gasteiger partial charge in [-0.15, -0.1) is 5.10 Å². The van der Waals surface area contributed by atoms with Gasteiger partial charge in [0, 0.05) is 18.2 Å². The molecule has 0 amide bonds. The van der Waals surface area contributed by atoms with E-state index >= 15 is 0 Å². The van der Waals surface area contributed by atoms with E-state index < -0.39 is 0 Å². The number of ether oxygens (including phenoxy) is 1. The third kappa shape index (κ3) is 3.71. The Balaban J connectivity index is 2.08. The molecule has 0 saturated heterocycles. The van der Waals surface area contributed by atoms with E-state index in [-0.39, 0.29) is 12.1 Å². The van der Waals surface area contributed by atoms with Crippen LogP contribution in [0.4, 0.5) is 0 Å². The van der Waals surface area contributed by atoms with Crippen molar-refractivity contribution in [2.24, 2.45) is 0 Å². The van der Waals surface area contributed by atoms with Crippen molar-refractivity contribution in [3.63, 3.8) is 0 Å². The van der Waals surface area contributed by atoms with Gasteiger partial charge in [-0.05, 0) is 12.1 Å². The lowest BCUT2D eigenvalue weighted by Gasteiger charge is -2.06. The van der Waals surface area contributed by atoms with Crippen LogP contribution in [0.2, 0.25) is 0 Å². The van der Waals surface area contributed by atoms with Crippen molar-refractivity contribution in [3.8, 4) is 5.88 Å². The minimum absolute atomic E-state index is 0.191. The monoisotopic (exact) mass is 277 g/mol. The molecule has 6 heteroatoms. The molecule has 0 aromatic carbocycles. The summed E-state index contributed by atoms with van der Waals surface area (Å²) in [5.74, 6) is 1.93. The molecule has 0 radical (unpaired) electrons. The summed E-state index contributed by atoms with van der Waals surface area (Å²) < 4.78 is 12.0. The average molecular weight is 277 g/mol. The number of furan rings is 1. The smallest absolute Gasteiger partial charge is 0.267 e. The predicted octanol–water partition coefficient (Wildman–Crippen LogP) is 1.39. The van der Waals surface area contributed by atoms with Crippen LogP contribution in [0.5, 0.6) is 5.88 Å². The first-order valence-corrected chi connectivity index (χ1v) is 6.51. The Hall–Kier alpha value is -2.08. The van der Waals surface area contributed by atoms with Crippen LogP contribution in [-0.2, 0) is 13.1 Å². The first-order valence-electron chi connectivity index (χ1n) is 6.51. The van der Waals surface area contributed by atoms with Crippen LogP contribution in [0.25, 0.3) is 0 Å². The summed E-state index contributed by atoms with van der Waals surface area (Å²) in [6, 6.07) is 7.11. The topological polar surface area (TPSA) is 69.3 Å². The highest BCUT2D eigenvalue weighted by Gasteiger charge is 2.06. The highest BCUT2D eigenvalue weighted by atomic mass is 16.5. The Labute approximate surface area is 117 Å². The van der Waals surface area contributed by atoms with Crippen LogP contribution in [0.3, 0.4) is 0 Å². The van der Waals surface area contributed by atoms with Gasteiger partial charge in [0.25, 0.3) is 5.56 Å². The molecule has 0 fully saturated rings. The van der Waals surface area contributed by atoms with E-state index in [4.69, 9.17) is 9.15 Å². The number of methoxy groups -OCH3 is 1. The molecule has 0 aliphatic carbocycles. The minimum atomic E-state index is -0.191. The second kappa shape index (κ2) is 6.38.